The highest BCUT2D eigenvalue weighted by atomic mass is 32.2. The molecule has 0 saturated heterocycles. The first-order valence-corrected chi connectivity index (χ1v) is 15.1. The second kappa shape index (κ2) is 10.9. The number of ether oxygens (including phenoxy) is 1. The molecule has 1 atom stereocenters. The van der Waals surface area contributed by atoms with Crippen LogP contribution in [0.25, 0.3) is 5.57 Å². The summed E-state index contributed by atoms with van der Waals surface area (Å²) in [6, 6.07) is 5.59. The number of carbonyl (C=O) groups is 2. The fourth-order valence-electron chi connectivity index (χ4n) is 4.87. The van der Waals surface area contributed by atoms with Crippen molar-refractivity contribution < 1.29 is 22.7 Å². The molecular weight excluding hydrogens is 492 g/mol. The molecule has 0 radical (unpaired) electrons. The number of allylic oxidation sites excluding steroid dienone is 4. The number of amides is 2. The predicted molar refractivity (Wildman–Crippen MR) is 146 cm³/mol. The zero-order valence-corrected chi connectivity index (χ0v) is 23.0. The molecule has 9 nitrogen and oxygen atoms in total. The fourth-order valence-corrected chi connectivity index (χ4v) is 5.40. The number of hydrazine groups is 1. The molecule has 1 saturated carbocycles. The topological polar surface area (TPSA) is 113 Å². The molecule has 1 aliphatic heterocycles. The number of hydrogen-bond donors (Lipinski definition) is 1. The van der Waals surface area contributed by atoms with Crippen LogP contribution >= 0.6 is 0 Å². The average Bonchev–Trinajstić information content (AvgIpc) is 3.67. The number of nitrogens with zero attached hydrogens (tertiary/aromatic N) is 3. The first-order chi connectivity index (χ1) is 17.5. The van der Waals surface area contributed by atoms with Crippen molar-refractivity contribution in [3.8, 4) is 0 Å². The van der Waals surface area contributed by atoms with Crippen LogP contribution in [0.3, 0.4) is 0 Å². The summed E-state index contributed by atoms with van der Waals surface area (Å²) in [6.45, 7) is 6.09. The highest BCUT2D eigenvalue weighted by molar-refractivity contribution is 7.90. The molecule has 0 spiro atoms. The van der Waals surface area contributed by atoms with E-state index < -0.39 is 15.9 Å². The molecule has 10 heteroatoms. The van der Waals surface area contributed by atoms with E-state index in [-0.39, 0.29) is 36.3 Å². The average molecular weight is 531 g/mol. The molecule has 37 heavy (non-hydrogen) atoms. The van der Waals surface area contributed by atoms with E-state index in [1.165, 1.54) is 11.3 Å². The number of fused-ring (bicyclic) bond motifs is 1. The van der Waals surface area contributed by atoms with E-state index in [1.807, 2.05) is 49.9 Å². The van der Waals surface area contributed by atoms with E-state index in [0.29, 0.717) is 24.3 Å². The van der Waals surface area contributed by atoms with Gasteiger partial charge in [-0.2, -0.15) is 0 Å². The molecule has 0 unspecified atom stereocenters. The maximum atomic E-state index is 13.2. The van der Waals surface area contributed by atoms with Crippen molar-refractivity contribution in [2.24, 2.45) is 11.8 Å². The Balaban J connectivity index is 1.79. The molecule has 1 fully saturated rings. The molecule has 1 aromatic rings. The zero-order chi connectivity index (χ0) is 26.9. The van der Waals surface area contributed by atoms with E-state index in [9.17, 15) is 18.0 Å². The molecule has 2 amide bonds. The van der Waals surface area contributed by atoms with Gasteiger partial charge >= 0.3 is 6.09 Å². The lowest BCUT2D eigenvalue weighted by Crippen LogP contribution is -2.52. The van der Waals surface area contributed by atoms with Crippen LogP contribution in [-0.4, -0.2) is 62.7 Å². The third kappa shape index (κ3) is 6.35. The van der Waals surface area contributed by atoms with Crippen LogP contribution in [0.15, 0.2) is 36.0 Å². The first kappa shape index (κ1) is 27.2. The zero-order valence-electron chi connectivity index (χ0n) is 22.1. The maximum Gasteiger partial charge on any atom is 0.414 e. The Hall–Kier alpha value is -2.85. The van der Waals surface area contributed by atoms with E-state index in [0.717, 1.165) is 42.5 Å². The maximum absolute atomic E-state index is 13.2. The lowest BCUT2D eigenvalue weighted by atomic mass is 9.98. The van der Waals surface area contributed by atoms with Crippen molar-refractivity contribution in [1.82, 2.24) is 5.01 Å². The highest BCUT2D eigenvalue weighted by Gasteiger charge is 2.41. The molecule has 2 N–H and O–H groups in total. The summed E-state index contributed by atoms with van der Waals surface area (Å²) in [6.07, 6.45) is 8.84. The number of nitrogens with two attached hydrogens (primary N) is 1. The van der Waals surface area contributed by atoms with E-state index in [2.05, 4.69) is 6.08 Å². The van der Waals surface area contributed by atoms with E-state index in [4.69, 9.17) is 10.6 Å². The molecule has 1 aromatic carbocycles. The van der Waals surface area contributed by atoms with Crippen LogP contribution in [0, 0.1) is 5.92 Å². The van der Waals surface area contributed by atoms with Gasteiger partial charge < -0.3 is 14.6 Å². The van der Waals surface area contributed by atoms with Gasteiger partial charge in [0.25, 0.3) is 0 Å². The molecule has 4 rings (SSSR count). The Bertz CT molecular complexity index is 1220. The van der Waals surface area contributed by atoms with Gasteiger partial charge in [-0.15, -0.1) is 0 Å². The largest absolute Gasteiger partial charge is 0.446 e. The fraction of sp³-hybridized carbons (Fsp3) is 0.556. The number of hydrogen-bond acceptors (Lipinski definition) is 7. The molecule has 0 bridgehead atoms. The van der Waals surface area contributed by atoms with Crippen molar-refractivity contribution >= 4 is 38.8 Å². The summed E-state index contributed by atoms with van der Waals surface area (Å²) in [7, 11) is -3.17. The molecular formula is C27H38N4O5S. The Morgan fingerprint density at radius 3 is 2.59 bits per heavy atom. The Kier molecular flexibility index (Phi) is 7.99. The lowest BCUT2D eigenvalue weighted by molar-refractivity contribution is -0.120. The van der Waals surface area contributed by atoms with Crippen molar-refractivity contribution in [2.45, 2.75) is 65.0 Å². The summed E-state index contributed by atoms with van der Waals surface area (Å²) in [4.78, 5) is 29.8. The minimum Gasteiger partial charge on any atom is -0.446 e. The van der Waals surface area contributed by atoms with Gasteiger partial charge in [0, 0.05) is 36.5 Å². The van der Waals surface area contributed by atoms with Gasteiger partial charge in [-0.3, -0.25) is 9.69 Å². The smallest absolute Gasteiger partial charge is 0.414 e. The van der Waals surface area contributed by atoms with Crippen molar-refractivity contribution in [3.05, 3.63) is 41.6 Å². The van der Waals surface area contributed by atoms with Crippen LogP contribution in [0.1, 0.15) is 58.4 Å². The highest BCUT2D eigenvalue weighted by Crippen LogP contribution is 2.42. The number of rotatable bonds is 7. The van der Waals surface area contributed by atoms with Gasteiger partial charge in [-0.25, -0.2) is 19.1 Å². The van der Waals surface area contributed by atoms with Gasteiger partial charge in [0.2, 0.25) is 5.91 Å². The standard InChI is InChI=1S/C27H38N4O5S/c1-18(2)36-27(33)29-17-19(3)31(26(32)20-10-11-20)24-13-12-21(16-25(24)29)22-8-6-5-7-9-23(22)30(28)14-15-37(4,34)35/h6,8,12-13,16,18-20H,5,7,9-11,14-15,17,28H2,1-4H3/t19-/m0/s1. The number of anilines is 2. The van der Waals surface area contributed by atoms with E-state index >= 15 is 0 Å². The minimum atomic E-state index is -3.17. The second-order valence-corrected chi connectivity index (χ2v) is 12.8. The Morgan fingerprint density at radius 2 is 1.95 bits per heavy atom. The van der Waals surface area contributed by atoms with Crippen LogP contribution in [0.5, 0.6) is 0 Å². The van der Waals surface area contributed by atoms with Gasteiger partial charge in [0.15, 0.2) is 0 Å². The molecule has 2 aliphatic carbocycles. The summed E-state index contributed by atoms with van der Waals surface area (Å²) in [5.74, 6) is 6.48. The van der Waals surface area contributed by atoms with E-state index in [1.54, 1.807) is 4.90 Å². The van der Waals surface area contributed by atoms with Crippen molar-refractivity contribution in [3.63, 3.8) is 0 Å². The monoisotopic (exact) mass is 530 g/mol. The van der Waals surface area contributed by atoms with Crippen molar-refractivity contribution in [2.75, 3.05) is 34.9 Å². The van der Waals surface area contributed by atoms with Crippen LogP contribution in [0.2, 0.25) is 0 Å². The minimum absolute atomic E-state index is 0.0425. The third-order valence-corrected chi connectivity index (χ3v) is 7.80. The van der Waals surface area contributed by atoms with Gasteiger partial charge in [-0.1, -0.05) is 18.2 Å². The summed E-state index contributed by atoms with van der Waals surface area (Å²) < 4.78 is 29.0. The number of benzene rings is 1. The quantitative estimate of drug-likeness (QED) is 0.421. The third-order valence-electron chi connectivity index (χ3n) is 6.87. The molecule has 1 heterocycles. The van der Waals surface area contributed by atoms with Gasteiger partial charge in [0.1, 0.15) is 9.84 Å². The Morgan fingerprint density at radius 1 is 1.22 bits per heavy atom. The van der Waals surface area contributed by atoms with Crippen LogP contribution in [0.4, 0.5) is 16.2 Å². The second-order valence-electron chi connectivity index (χ2n) is 10.6. The summed E-state index contributed by atoms with van der Waals surface area (Å²) >= 11 is 0. The molecule has 0 aromatic heterocycles. The van der Waals surface area contributed by atoms with Crippen molar-refractivity contribution in [1.29, 1.82) is 0 Å². The van der Waals surface area contributed by atoms with Crippen LogP contribution < -0.4 is 15.6 Å². The first-order valence-electron chi connectivity index (χ1n) is 13.0. The number of sulfone groups is 1. The predicted octanol–water partition coefficient (Wildman–Crippen LogP) is 3.85. The summed E-state index contributed by atoms with van der Waals surface area (Å²) in [5, 5.41) is 1.53. The summed E-state index contributed by atoms with van der Waals surface area (Å²) in [5.41, 5.74) is 3.90. The SMILES string of the molecule is CC(C)OC(=O)N1C[C@H](C)N(C(=O)C2CC2)c2ccc(C3=C(N(N)CCS(C)(=O)=O)CCCC=C3)cc21. The molecule has 3 aliphatic rings. The van der Waals surface area contributed by atoms with Crippen LogP contribution in [-0.2, 0) is 19.4 Å². The lowest BCUT2D eigenvalue weighted by Gasteiger charge is -2.41. The number of carbonyl (C=O) groups excluding carboxylic acids is 2. The Labute approximate surface area is 219 Å². The normalized spacial score (nSPS) is 20.1. The van der Waals surface area contributed by atoms with Gasteiger partial charge in [-0.05, 0) is 70.6 Å². The van der Waals surface area contributed by atoms with Gasteiger partial charge in [0.05, 0.1) is 29.3 Å². The molecule has 202 valence electrons.